The van der Waals surface area contributed by atoms with E-state index in [1.807, 2.05) is 31.2 Å². The number of nitrogens with one attached hydrogen (secondary N) is 2. The van der Waals surface area contributed by atoms with E-state index in [0.717, 1.165) is 41.8 Å². The number of carbonyl (C=O) groups is 1. The first kappa shape index (κ1) is 19.9. The fourth-order valence-corrected chi connectivity index (χ4v) is 3.08. The Bertz CT molecular complexity index is 899. The van der Waals surface area contributed by atoms with Gasteiger partial charge in [0.2, 0.25) is 5.91 Å². The number of carbonyl (C=O) groups excluding carboxylic acids is 1. The molecule has 0 radical (unpaired) electrons. The van der Waals surface area contributed by atoms with Gasteiger partial charge in [0.25, 0.3) is 0 Å². The number of benzene rings is 2. The molecule has 1 unspecified atom stereocenters. The third-order valence-electron chi connectivity index (χ3n) is 4.65. The van der Waals surface area contributed by atoms with Crippen LogP contribution in [0.15, 0.2) is 48.5 Å². The van der Waals surface area contributed by atoms with Crippen LogP contribution in [0.1, 0.15) is 42.6 Å². The number of para-hydroxylation sites is 2. The minimum Gasteiger partial charge on any atom is -0.356 e. The molecule has 28 heavy (non-hydrogen) atoms. The molecule has 4 nitrogen and oxygen atoms in total. The number of hydrogen-bond donors (Lipinski definition) is 2. The molecule has 3 rings (SSSR count). The average Bonchev–Trinajstić information content (AvgIpc) is 3.07. The summed E-state index contributed by atoms with van der Waals surface area (Å²) in [6.07, 6.45) is -2.64. The molecular formula is C21H22F3N3O. The summed E-state index contributed by atoms with van der Waals surface area (Å²) >= 11 is 0. The van der Waals surface area contributed by atoms with E-state index in [4.69, 9.17) is 0 Å². The summed E-state index contributed by atoms with van der Waals surface area (Å²) < 4.78 is 37.8. The fraction of sp³-hybridized carbons (Fsp3) is 0.333. The minimum absolute atomic E-state index is 0.114. The number of nitrogens with zero attached hydrogens (tertiary/aromatic N) is 1. The predicted octanol–water partition coefficient (Wildman–Crippen LogP) is 4.82. The lowest BCUT2D eigenvalue weighted by Crippen LogP contribution is -2.26. The number of aromatic nitrogens is 2. The van der Waals surface area contributed by atoms with Crippen molar-refractivity contribution < 1.29 is 18.0 Å². The van der Waals surface area contributed by atoms with Gasteiger partial charge in [-0.05, 0) is 42.2 Å². The Morgan fingerprint density at radius 1 is 1.14 bits per heavy atom. The molecule has 0 aliphatic carbocycles. The van der Waals surface area contributed by atoms with Crippen LogP contribution in [0.2, 0.25) is 0 Å². The van der Waals surface area contributed by atoms with Crippen LogP contribution >= 0.6 is 0 Å². The van der Waals surface area contributed by atoms with Gasteiger partial charge in [-0.15, -0.1) is 0 Å². The third kappa shape index (κ3) is 5.12. The fourth-order valence-electron chi connectivity index (χ4n) is 3.08. The Hall–Kier alpha value is -2.83. The number of aromatic amines is 1. The van der Waals surface area contributed by atoms with E-state index in [0.29, 0.717) is 12.1 Å². The summed E-state index contributed by atoms with van der Waals surface area (Å²) in [5.74, 6) is 0.614. The smallest absolute Gasteiger partial charge is 0.356 e. The van der Waals surface area contributed by atoms with Crippen molar-refractivity contribution in [1.82, 2.24) is 15.3 Å². The maximum atomic E-state index is 12.6. The molecule has 0 bridgehead atoms. The lowest BCUT2D eigenvalue weighted by Gasteiger charge is -2.13. The highest BCUT2D eigenvalue weighted by molar-refractivity contribution is 5.77. The second-order valence-electron chi connectivity index (χ2n) is 6.88. The normalized spacial score (nSPS) is 12.9. The molecule has 1 atom stereocenters. The SMILES string of the molecule is CC(CC(=O)NCCCc1nc2ccccc2[nH]1)c1ccc(C(F)(F)F)cc1. The predicted molar refractivity (Wildman–Crippen MR) is 102 cm³/mol. The van der Waals surface area contributed by atoms with Crippen molar-refractivity contribution in [3.05, 3.63) is 65.5 Å². The summed E-state index contributed by atoms with van der Waals surface area (Å²) in [5, 5.41) is 2.86. The second-order valence-corrected chi connectivity index (χ2v) is 6.88. The number of aryl methyl sites for hydroxylation is 1. The number of imidazole rings is 1. The van der Waals surface area contributed by atoms with Crippen molar-refractivity contribution in [3.8, 4) is 0 Å². The molecule has 1 amide bonds. The zero-order valence-electron chi connectivity index (χ0n) is 15.5. The summed E-state index contributed by atoms with van der Waals surface area (Å²) in [7, 11) is 0. The van der Waals surface area contributed by atoms with E-state index in [9.17, 15) is 18.0 Å². The topological polar surface area (TPSA) is 57.8 Å². The Morgan fingerprint density at radius 3 is 2.54 bits per heavy atom. The van der Waals surface area contributed by atoms with Crippen molar-refractivity contribution in [2.24, 2.45) is 0 Å². The number of hydrogen-bond acceptors (Lipinski definition) is 2. The monoisotopic (exact) mass is 389 g/mol. The Kier molecular flexibility index (Phi) is 6.02. The zero-order valence-corrected chi connectivity index (χ0v) is 15.5. The Morgan fingerprint density at radius 2 is 1.86 bits per heavy atom. The van der Waals surface area contributed by atoms with Gasteiger partial charge >= 0.3 is 6.18 Å². The molecule has 0 saturated heterocycles. The van der Waals surface area contributed by atoms with Crippen molar-refractivity contribution in [1.29, 1.82) is 0 Å². The highest BCUT2D eigenvalue weighted by atomic mass is 19.4. The first-order valence-electron chi connectivity index (χ1n) is 9.20. The quantitative estimate of drug-likeness (QED) is 0.569. The molecule has 2 aromatic carbocycles. The molecule has 3 aromatic rings. The number of alkyl halides is 3. The highest BCUT2D eigenvalue weighted by Crippen LogP contribution is 2.30. The number of halogens is 3. The maximum absolute atomic E-state index is 12.6. The summed E-state index contributed by atoms with van der Waals surface area (Å²) in [6, 6.07) is 12.8. The molecule has 7 heteroatoms. The standard InChI is InChI=1S/C21H22F3N3O/c1-14(15-8-10-16(11-9-15)21(22,23)24)13-20(28)25-12-4-7-19-26-17-5-2-3-6-18(17)27-19/h2-3,5-6,8-11,14H,4,7,12-13H2,1H3,(H,25,28)(H,26,27). The first-order chi connectivity index (χ1) is 13.3. The van der Waals surface area contributed by atoms with Crippen LogP contribution in [0.5, 0.6) is 0 Å². The van der Waals surface area contributed by atoms with Crippen molar-refractivity contribution in [2.75, 3.05) is 6.54 Å². The van der Waals surface area contributed by atoms with Crippen LogP contribution in [-0.4, -0.2) is 22.4 Å². The molecular weight excluding hydrogens is 367 g/mol. The summed E-state index contributed by atoms with van der Waals surface area (Å²) in [4.78, 5) is 19.8. The van der Waals surface area contributed by atoms with E-state index in [2.05, 4.69) is 15.3 Å². The number of fused-ring (bicyclic) bond motifs is 1. The van der Waals surface area contributed by atoms with E-state index in [1.165, 1.54) is 12.1 Å². The van der Waals surface area contributed by atoms with Gasteiger partial charge in [0.15, 0.2) is 0 Å². The third-order valence-corrected chi connectivity index (χ3v) is 4.65. The van der Waals surface area contributed by atoms with Crippen LogP contribution in [-0.2, 0) is 17.4 Å². The molecule has 148 valence electrons. The highest BCUT2D eigenvalue weighted by Gasteiger charge is 2.30. The molecule has 0 saturated carbocycles. The molecule has 0 aliphatic heterocycles. The van der Waals surface area contributed by atoms with Crippen LogP contribution < -0.4 is 5.32 Å². The molecule has 0 aliphatic rings. The van der Waals surface area contributed by atoms with Crippen molar-refractivity contribution >= 4 is 16.9 Å². The zero-order chi connectivity index (χ0) is 20.1. The number of rotatable bonds is 7. The molecule has 1 heterocycles. The van der Waals surface area contributed by atoms with Crippen LogP contribution in [0.25, 0.3) is 11.0 Å². The van der Waals surface area contributed by atoms with Gasteiger partial charge in [0.1, 0.15) is 5.82 Å². The summed E-state index contributed by atoms with van der Waals surface area (Å²) in [5.41, 5.74) is 1.95. The van der Waals surface area contributed by atoms with Gasteiger partial charge in [-0.25, -0.2) is 4.98 Å². The van der Waals surface area contributed by atoms with Crippen LogP contribution in [0, 0.1) is 0 Å². The Balaban J connectivity index is 1.42. The van der Waals surface area contributed by atoms with Gasteiger partial charge in [-0.3, -0.25) is 4.79 Å². The maximum Gasteiger partial charge on any atom is 0.416 e. The number of amides is 1. The lowest BCUT2D eigenvalue weighted by atomic mass is 9.96. The molecule has 0 spiro atoms. The van der Waals surface area contributed by atoms with Gasteiger partial charge in [-0.2, -0.15) is 13.2 Å². The minimum atomic E-state index is -4.35. The summed E-state index contributed by atoms with van der Waals surface area (Å²) in [6.45, 7) is 2.35. The molecule has 1 aromatic heterocycles. The van der Waals surface area contributed by atoms with Crippen LogP contribution in [0.3, 0.4) is 0 Å². The average molecular weight is 389 g/mol. The Labute approximate surface area is 161 Å². The van der Waals surface area contributed by atoms with Crippen molar-refractivity contribution in [2.45, 2.75) is 38.3 Å². The van der Waals surface area contributed by atoms with Gasteiger partial charge in [0, 0.05) is 19.4 Å². The van der Waals surface area contributed by atoms with E-state index in [1.54, 1.807) is 0 Å². The molecule has 0 fully saturated rings. The van der Waals surface area contributed by atoms with Gasteiger partial charge in [-0.1, -0.05) is 31.2 Å². The first-order valence-corrected chi connectivity index (χ1v) is 9.20. The van der Waals surface area contributed by atoms with E-state index in [-0.39, 0.29) is 18.2 Å². The van der Waals surface area contributed by atoms with Gasteiger partial charge < -0.3 is 10.3 Å². The van der Waals surface area contributed by atoms with E-state index >= 15 is 0 Å². The van der Waals surface area contributed by atoms with Gasteiger partial charge in [0.05, 0.1) is 16.6 Å². The largest absolute Gasteiger partial charge is 0.416 e. The second kappa shape index (κ2) is 8.46. The lowest BCUT2D eigenvalue weighted by molar-refractivity contribution is -0.137. The molecule has 2 N–H and O–H groups in total. The number of H-pyrrole nitrogens is 1. The van der Waals surface area contributed by atoms with Crippen LogP contribution in [0.4, 0.5) is 13.2 Å². The van der Waals surface area contributed by atoms with E-state index < -0.39 is 11.7 Å². The van der Waals surface area contributed by atoms with Crippen molar-refractivity contribution in [3.63, 3.8) is 0 Å².